The maximum absolute atomic E-state index is 5.71. The molecule has 3 rings (SSSR count). The van der Waals surface area contributed by atoms with Gasteiger partial charge in [0, 0.05) is 30.7 Å². The van der Waals surface area contributed by atoms with E-state index in [1.165, 1.54) is 5.56 Å². The maximum atomic E-state index is 5.71. The molecule has 0 radical (unpaired) electrons. The van der Waals surface area contributed by atoms with Crippen LogP contribution in [-0.2, 0) is 6.54 Å². The first-order valence-corrected chi connectivity index (χ1v) is 6.35. The van der Waals surface area contributed by atoms with Gasteiger partial charge in [0.15, 0.2) is 0 Å². The number of hydrogen-bond acceptors (Lipinski definition) is 4. The van der Waals surface area contributed by atoms with Gasteiger partial charge < -0.3 is 11.1 Å². The lowest BCUT2D eigenvalue weighted by molar-refractivity contribution is 1.09. The van der Waals surface area contributed by atoms with Crippen LogP contribution in [0.5, 0.6) is 0 Å². The van der Waals surface area contributed by atoms with Gasteiger partial charge in [-0.25, -0.2) is 4.98 Å². The summed E-state index contributed by atoms with van der Waals surface area (Å²) in [5.74, 6) is 0.780. The van der Waals surface area contributed by atoms with Gasteiger partial charge in [-0.05, 0) is 23.3 Å². The van der Waals surface area contributed by atoms with Gasteiger partial charge in [-0.15, -0.1) is 0 Å². The van der Waals surface area contributed by atoms with Crippen LogP contribution in [0.4, 0.5) is 11.5 Å². The number of pyridine rings is 1. The van der Waals surface area contributed by atoms with Crippen molar-refractivity contribution >= 4 is 11.5 Å². The molecule has 3 aromatic rings. The summed E-state index contributed by atoms with van der Waals surface area (Å²) < 4.78 is 0. The molecule has 0 aliphatic rings. The first kappa shape index (κ1) is 12.2. The van der Waals surface area contributed by atoms with Crippen molar-refractivity contribution in [3.63, 3.8) is 0 Å². The molecule has 4 N–H and O–H groups in total. The molecule has 0 aliphatic carbocycles. The molecule has 0 unspecified atom stereocenters. The summed E-state index contributed by atoms with van der Waals surface area (Å²) in [7, 11) is 0. The average molecular weight is 265 g/mol. The van der Waals surface area contributed by atoms with Crippen molar-refractivity contribution in [1.82, 2.24) is 15.2 Å². The molecule has 100 valence electrons. The number of benzene rings is 1. The maximum Gasteiger partial charge on any atom is 0.128 e. The quantitative estimate of drug-likeness (QED) is 0.677. The molecule has 0 amide bonds. The van der Waals surface area contributed by atoms with Crippen LogP contribution < -0.4 is 11.1 Å². The molecular formula is C15H15N5. The van der Waals surface area contributed by atoms with Gasteiger partial charge in [0.2, 0.25) is 0 Å². The van der Waals surface area contributed by atoms with Crippen molar-refractivity contribution in [3.8, 4) is 11.3 Å². The van der Waals surface area contributed by atoms with E-state index in [1.54, 1.807) is 18.5 Å². The SMILES string of the molecule is Nc1ccnc(NCc2ccc(-c3ccn[nH]3)cc2)c1. The Kier molecular flexibility index (Phi) is 3.33. The van der Waals surface area contributed by atoms with Gasteiger partial charge in [-0.1, -0.05) is 24.3 Å². The fourth-order valence-electron chi connectivity index (χ4n) is 1.95. The molecule has 5 nitrogen and oxygen atoms in total. The minimum Gasteiger partial charge on any atom is -0.399 e. The zero-order valence-electron chi connectivity index (χ0n) is 10.9. The summed E-state index contributed by atoms with van der Waals surface area (Å²) in [5.41, 5.74) is 9.73. The van der Waals surface area contributed by atoms with E-state index < -0.39 is 0 Å². The van der Waals surface area contributed by atoms with Crippen molar-refractivity contribution < 1.29 is 0 Å². The smallest absolute Gasteiger partial charge is 0.128 e. The van der Waals surface area contributed by atoms with E-state index in [0.717, 1.165) is 17.1 Å². The van der Waals surface area contributed by atoms with E-state index in [9.17, 15) is 0 Å². The number of nitrogens with two attached hydrogens (primary N) is 1. The fourth-order valence-corrected chi connectivity index (χ4v) is 1.95. The number of aromatic amines is 1. The molecule has 0 bridgehead atoms. The molecule has 0 saturated heterocycles. The van der Waals surface area contributed by atoms with E-state index >= 15 is 0 Å². The molecule has 5 heteroatoms. The van der Waals surface area contributed by atoms with Crippen LogP contribution in [0.3, 0.4) is 0 Å². The van der Waals surface area contributed by atoms with Crippen molar-refractivity contribution in [3.05, 3.63) is 60.4 Å². The summed E-state index contributed by atoms with van der Waals surface area (Å²) in [6.07, 6.45) is 3.44. The number of rotatable bonds is 4. The molecule has 0 aliphatic heterocycles. The fraction of sp³-hybridized carbons (Fsp3) is 0.0667. The van der Waals surface area contributed by atoms with E-state index in [-0.39, 0.29) is 0 Å². The van der Waals surface area contributed by atoms with Gasteiger partial charge in [-0.2, -0.15) is 5.10 Å². The Balaban J connectivity index is 1.67. The van der Waals surface area contributed by atoms with Gasteiger partial charge in [0.25, 0.3) is 0 Å². The summed E-state index contributed by atoms with van der Waals surface area (Å²) in [6, 6.07) is 13.8. The molecule has 1 aromatic carbocycles. The third-order valence-electron chi connectivity index (χ3n) is 3.02. The summed E-state index contributed by atoms with van der Waals surface area (Å²) >= 11 is 0. The Morgan fingerprint density at radius 1 is 1.05 bits per heavy atom. The number of nitrogens with one attached hydrogen (secondary N) is 2. The zero-order chi connectivity index (χ0) is 13.8. The van der Waals surface area contributed by atoms with E-state index in [0.29, 0.717) is 12.2 Å². The molecule has 0 spiro atoms. The molecule has 2 heterocycles. The van der Waals surface area contributed by atoms with Crippen molar-refractivity contribution in [2.75, 3.05) is 11.1 Å². The van der Waals surface area contributed by atoms with Crippen LogP contribution >= 0.6 is 0 Å². The number of H-pyrrole nitrogens is 1. The van der Waals surface area contributed by atoms with Gasteiger partial charge in [-0.3, -0.25) is 5.10 Å². The summed E-state index contributed by atoms with van der Waals surface area (Å²) in [4.78, 5) is 4.21. The largest absolute Gasteiger partial charge is 0.399 e. The lowest BCUT2D eigenvalue weighted by Crippen LogP contribution is -2.01. The lowest BCUT2D eigenvalue weighted by atomic mass is 10.1. The molecule has 20 heavy (non-hydrogen) atoms. The highest BCUT2D eigenvalue weighted by Crippen LogP contribution is 2.17. The minimum atomic E-state index is 0.706. The predicted molar refractivity (Wildman–Crippen MR) is 80.0 cm³/mol. The molecular weight excluding hydrogens is 250 g/mol. The van der Waals surface area contributed by atoms with Crippen LogP contribution in [0.2, 0.25) is 0 Å². The highest BCUT2D eigenvalue weighted by molar-refractivity contribution is 5.58. The first-order chi connectivity index (χ1) is 9.81. The van der Waals surface area contributed by atoms with Crippen LogP contribution in [0.25, 0.3) is 11.3 Å². The Morgan fingerprint density at radius 2 is 1.90 bits per heavy atom. The van der Waals surface area contributed by atoms with Crippen molar-refractivity contribution in [1.29, 1.82) is 0 Å². The van der Waals surface area contributed by atoms with Crippen LogP contribution in [-0.4, -0.2) is 15.2 Å². The second-order valence-electron chi connectivity index (χ2n) is 4.50. The minimum absolute atomic E-state index is 0.706. The monoisotopic (exact) mass is 265 g/mol. The Hall–Kier alpha value is -2.82. The summed E-state index contributed by atoms with van der Waals surface area (Å²) in [5, 5.41) is 10.1. The number of aromatic nitrogens is 3. The molecule has 0 atom stereocenters. The number of nitrogen functional groups attached to an aromatic ring is 1. The van der Waals surface area contributed by atoms with E-state index in [1.807, 2.05) is 12.1 Å². The van der Waals surface area contributed by atoms with Crippen LogP contribution in [0, 0.1) is 0 Å². The van der Waals surface area contributed by atoms with E-state index in [4.69, 9.17) is 5.73 Å². The van der Waals surface area contributed by atoms with Crippen LogP contribution in [0.15, 0.2) is 54.9 Å². The third-order valence-corrected chi connectivity index (χ3v) is 3.02. The standard InChI is InChI=1S/C15H15N5/c16-13-5-7-17-15(9-13)18-10-11-1-3-12(4-2-11)14-6-8-19-20-14/h1-9H,10H2,(H,19,20)(H3,16,17,18). The number of hydrogen-bond donors (Lipinski definition) is 3. The predicted octanol–water partition coefficient (Wildman–Crippen LogP) is 2.67. The summed E-state index contributed by atoms with van der Waals surface area (Å²) in [6.45, 7) is 0.708. The topological polar surface area (TPSA) is 79.6 Å². The molecule has 2 aromatic heterocycles. The van der Waals surface area contributed by atoms with Gasteiger partial charge >= 0.3 is 0 Å². The van der Waals surface area contributed by atoms with Crippen LogP contribution in [0.1, 0.15) is 5.56 Å². The second kappa shape index (κ2) is 5.44. The highest BCUT2D eigenvalue weighted by atomic mass is 15.1. The molecule has 0 fully saturated rings. The van der Waals surface area contributed by atoms with Crippen molar-refractivity contribution in [2.45, 2.75) is 6.54 Å². The number of nitrogens with zero attached hydrogens (tertiary/aromatic N) is 2. The third kappa shape index (κ3) is 2.77. The van der Waals surface area contributed by atoms with E-state index in [2.05, 4.69) is 44.8 Å². The number of anilines is 2. The lowest BCUT2D eigenvalue weighted by Gasteiger charge is -2.07. The van der Waals surface area contributed by atoms with Gasteiger partial charge in [0.1, 0.15) is 5.82 Å². The highest BCUT2D eigenvalue weighted by Gasteiger charge is 2.00. The first-order valence-electron chi connectivity index (χ1n) is 6.35. The van der Waals surface area contributed by atoms with Gasteiger partial charge in [0.05, 0.1) is 5.69 Å². The molecule has 0 saturated carbocycles. The van der Waals surface area contributed by atoms with Crippen molar-refractivity contribution in [2.24, 2.45) is 0 Å². The Bertz CT molecular complexity index is 674. The second-order valence-corrected chi connectivity index (χ2v) is 4.50. The Labute approximate surface area is 116 Å². The zero-order valence-corrected chi connectivity index (χ0v) is 10.9. The Morgan fingerprint density at radius 3 is 2.60 bits per heavy atom. The average Bonchev–Trinajstić information content (AvgIpc) is 3.00. The normalized spacial score (nSPS) is 10.4.